The summed E-state index contributed by atoms with van der Waals surface area (Å²) < 4.78 is 5.04. The number of hydrogen-bond donors (Lipinski definition) is 0. The Bertz CT molecular complexity index is 402. The zero-order chi connectivity index (χ0) is 18.4. The van der Waals surface area contributed by atoms with Crippen LogP contribution in [-0.2, 0) is 9.53 Å². The Kier molecular flexibility index (Phi) is 19.2. The van der Waals surface area contributed by atoms with Gasteiger partial charge in [-0.05, 0) is 51.4 Å². The third kappa shape index (κ3) is 20.4. The smallest absolute Gasteiger partial charge is 0.305 e. The highest BCUT2D eigenvalue weighted by molar-refractivity contribution is 5.69. The minimum atomic E-state index is -0.0715. The van der Waals surface area contributed by atoms with Crippen LogP contribution in [0.5, 0.6) is 0 Å². The highest BCUT2D eigenvalue weighted by Gasteiger charge is 1.99. The number of rotatable bonds is 16. The van der Waals surface area contributed by atoms with E-state index in [0.717, 1.165) is 38.5 Å². The van der Waals surface area contributed by atoms with Crippen molar-refractivity contribution in [3.05, 3.63) is 48.6 Å². The Hall–Kier alpha value is -1.57. The second kappa shape index (κ2) is 20.5. The zero-order valence-electron chi connectivity index (χ0n) is 16.4. The van der Waals surface area contributed by atoms with Gasteiger partial charge in [0, 0.05) is 6.42 Å². The zero-order valence-corrected chi connectivity index (χ0v) is 16.4. The lowest BCUT2D eigenvalue weighted by Crippen LogP contribution is -2.04. The molecule has 0 bridgehead atoms. The van der Waals surface area contributed by atoms with E-state index in [1.54, 1.807) is 0 Å². The Morgan fingerprint density at radius 1 is 0.680 bits per heavy atom. The van der Waals surface area contributed by atoms with Crippen LogP contribution in [0.25, 0.3) is 0 Å². The molecule has 0 aliphatic carbocycles. The van der Waals surface area contributed by atoms with Crippen LogP contribution in [0.1, 0.15) is 84.5 Å². The predicted octanol–water partition coefficient (Wildman–Crippen LogP) is 7.09. The van der Waals surface area contributed by atoms with Crippen molar-refractivity contribution < 1.29 is 9.53 Å². The van der Waals surface area contributed by atoms with Gasteiger partial charge in [0.1, 0.15) is 0 Å². The molecule has 0 atom stereocenters. The topological polar surface area (TPSA) is 26.3 Å². The molecular formula is C23H38O2. The molecule has 0 spiro atoms. The highest BCUT2D eigenvalue weighted by Crippen LogP contribution is 2.02. The maximum atomic E-state index is 11.3. The summed E-state index contributed by atoms with van der Waals surface area (Å²) >= 11 is 0. The lowest BCUT2D eigenvalue weighted by atomic mass is 10.2. The summed E-state index contributed by atoms with van der Waals surface area (Å²) in [6.07, 6.45) is 29.1. The molecule has 0 unspecified atom stereocenters. The van der Waals surface area contributed by atoms with E-state index >= 15 is 0 Å². The van der Waals surface area contributed by atoms with E-state index in [0.29, 0.717) is 13.0 Å². The molecule has 2 nitrogen and oxygen atoms in total. The van der Waals surface area contributed by atoms with Crippen LogP contribution in [-0.4, -0.2) is 12.6 Å². The van der Waals surface area contributed by atoms with Crippen LogP contribution in [0.3, 0.4) is 0 Å². The van der Waals surface area contributed by atoms with Crippen LogP contribution in [0, 0.1) is 0 Å². The first-order valence-corrected chi connectivity index (χ1v) is 10.1. The van der Waals surface area contributed by atoms with Gasteiger partial charge in [0.15, 0.2) is 0 Å². The molecule has 0 aromatic rings. The van der Waals surface area contributed by atoms with Gasteiger partial charge in [-0.15, -0.1) is 0 Å². The number of unbranched alkanes of at least 4 members (excludes halogenated alkanes) is 4. The molecule has 0 radical (unpaired) electrons. The maximum absolute atomic E-state index is 11.3. The first kappa shape index (κ1) is 23.4. The summed E-state index contributed by atoms with van der Waals surface area (Å²) in [4.78, 5) is 11.3. The van der Waals surface area contributed by atoms with Crippen LogP contribution in [0.2, 0.25) is 0 Å². The minimum absolute atomic E-state index is 0.0715. The standard InChI is InChI=1S/C23H38O2/c1-3-5-6-7-8-9-10-11-12-13-14-15-16-17-18-19-20-21-23(24)25-22-4-2/h8-9,11-12,14-15,17-18H,3-7,10,13,16,19-22H2,1-2H3/b9-8+,12-11+,15-14-,18-17+. The average molecular weight is 347 g/mol. The van der Waals surface area contributed by atoms with E-state index < -0.39 is 0 Å². The van der Waals surface area contributed by atoms with Crippen LogP contribution in [0.15, 0.2) is 48.6 Å². The fraction of sp³-hybridized carbons (Fsp3) is 0.609. The predicted molar refractivity (Wildman–Crippen MR) is 110 cm³/mol. The van der Waals surface area contributed by atoms with Crippen molar-refractivity contribution in [1.82, 2.24) is 0 Å². The van der Waals surface area contributed by atoms with E-state index in [2.05, 4.69) is 55.5 Å². The molecule has 25 heavy (non-hydrogen) atoms. The molecule has 0 N–H and O–H groups in total. The SMILES string of the molecule is CCCCC/C=C/C/C=C/C/C=C\C/C=C/CCCC(=O)OCCC. The van der Waals surface area contributed by atoms with Crippen molar-refractivity contribution in [3.63, 3.8) is 0 Å². The van der Waals surface area contributed by atoms with Gasteiger partial charge in [0.2, 0.25) is 0 Å². The normalized spacial score (nSPS) is 12.2. The quantitative estimate of drug-likeness (QED) is 0.169. The lowest BCUT2D eigenvalue weighted by molar-refractivity contribution is -0.143. The molecule has 142 valence electrons. The monoisotopic (exact) mass is 346 g/mol. The van der Waals surface area contributed by atoms with E-state index in [4.69, 9.17) is 4.74 Å². The Morgan fingerprint density at radius 2 is 1.20 bits per heavy atom. The molecule has 0 fully saturated rings. The molecule has 0 amide bonds. The Morgan fingerprint density at radius 3 is 1.72 bits per heavy atom. The van der Waals surface area contributed by atoms with Crippen LogP contribution < -0.4 is 0 Å². The summed E-state index contributed by atoms with van der Waals surface area (Å²) in [6, 6.07) is 0. The second-order valence-corrected chi connectivity index (χ2v) is 6.20. The first-order valence-electron chi connectivity index (χ1n) is 10.1. The van der Waals surface area contributed by atoms with Gasteiger partial charge in [-0.3, -0.25) is 4.79 Å². The summed E-state index contributed by atoms with van der Waals surface area (Å²) in [5.41, 5.74) is 0. The number of allylic oxidation sites excluding steroid dienone is 8. The molecular weight excluding hydrogens is 308 g/mol. The van der Waals surface area contributed by atoms with E-state index in [-0.39, 0.29) is 5.97 Å². The van der Waals surface area contributed by atoms with E-state index in [1.807, 2.05) is 6.92 Å². The van der Waals surface area contributed by atoms with Crippen molar-refractivity contribution in [1.29, 1.82) is 0 Å². The minimum Gasteiger partial charge on any atom is -0.466 e. The first-order chi connectivity index (χ1) is 12.3. The number of carbonyl (C=O) groups excluding carboxylic acids is 1. The summed E-state index contributed by atoms with van der Waals surface area (Å²) in [7, 11) is 0. The molecule has 0 aromatic heterocycles. The number of hydrogen-bond acceptors (Lipinski definition) is 2. The van der Waals surface area contributed by atoms with E-state index in [1.165, 1.54) is 25.7 Å². The highest BCUT2D eigenvalue weighted by atomic mass is 16.5. The van der Waals surface area contributed by atoms with Crippen molar-refractivity contribution in [2.45, 2.75) is 84.5 Å². The third-order valence-electron chi connectivity index (χ3n) is 3.68. The number of carbonyl (C=O) groups is 1. The fourth-order valence-electron chi connectivity index (χ4n) is 2.21. The van der Waals surface area contributed by atoms with Gasteiger partial charge in [0.25, 0.3) is 0 Å². The van der Waals surface area contributed by atoms with Crippen molar-refractivity contribution in [3.8, 4) is 0 Å². The third-order valence-corrected chi connectivity index (χ3v) is 3.68. The molecule has 0 saturated heterocycles. The van der Waals surface area contributed by atoms with Crippen molar-refractivity contribution in [2.75, 3.05) is 6.61 Å². The van der Waals surface area contributed by atoms with Gasteiger partial charge in [-0.25, -0.2) is 0 Å². The number of ether oxygens (including phenoxy) is 1. The van der Waals surface area contributed by atoms with Gasteiger partial charge in [-0.2, -0.15) is 0 Å². The number of esters is 1. The molecule has 0 rings (SSSR count). The van der Waals surface area contributed by atoms with Gasteiger partial charge in [0.05, 0.1) is 6.61 Å². The van der Waals surface area contributed by atoms with Gasteiger partial charge < -0.3 is 4.74 Å². The maximum Gasteiger partial charge on any atom is 0.305 e. The molecule has 0 heterocycles. The Labute approximate surface area is 155 Å². The average Bonchev–Trinajstić information content (AvgIpc) is 2.62. The fourth-order valence-corrected chi connectivity index (χ4v) is 2.21. The van der Waals surface area contributed by atoms with Gasteiger partial charge >= 0.3 is 5.97 Å². The van der Waals surface area contributed by atoms with Crippen molar-refractivity contribution >= 4 is 5.97 Å². The second-order valence-electron chi connectivity index (χ2n) is 6.20. The van der Waals surface area contributed by atoms with Crippen LogP contribution in [0.4, 0.5) is 0 Å². The molecule has 0 saturated carbocycles. The lowest BCUT2D eigenvalue weighted by Gasteiger charge is -2.00. The largest absolute Gasteiger partial charge is 0.466 e. The molecule has 2 heteroatoms. The van der Waals surface area contributed by atoms with Crippen LogP contribution >= 0.6 is 0 Å². The molecule has 0 aliphatic heterocycles. The summed E-state index contributed by atoms with van der Waals surface area (Å²) in [5.74, 6) is -0.0715. The summed E-state index contributed by atoms with van der Waals surface area (Å²) in [6.45, 7) is 4.79. The van der Waals surface area contributed by atoms with Gasteiger partial charge in [-0.1, -0.05) is 75.3 Å². The van der Waals surface area contributed by atoms with Crippen molar-refractivity contribution in [2.24, 2.45) is 0 Å². The summed E-state index contributed by atoms with van der Waals surface area (Å²) in [5, 5.41) is 0. The van der Waals surface area contributed by atoms with E-state index in [9.17, 15) is 4.79 Å². The Balaban J connectivity index is 3.44. The molecule has 0 aromatic carbocycles. The molecule has 0 aliphatic rings.